The maximum atomic E-state index is 13.5. The van der Waals surface area contributed by atoms with E-state index in [0.717, 1.165) is 11.3 Å². The molecular formula is C11H12FN3. The van der Waals surface area contributed by atoms with Crippen molar-refractivity contribution in [1.82, 2.24) is 9.78 Å². The Kier molecular flexibility index (Phi) is 2.51. The zero-order chi connectivity index (χ0) is 10.8. The van der Waals surface area contributed by atoms with Gasteiger partial charge in [-0.05, 0) is 12.1 Å². The fraction of sp³-hybridized carbons (Fsp3) is 0.182. The van der Waals surface area contributed by atoms with Crippen LogP contribution in [-0.4, -0.2) is 9.78 Å². The molecule has 0 amide bonds. The lowest BCUT2D eigenvalue weighted by Crippen LogP contribution is -2.00. The van der Waals surface area contributed by atoms with Gasteiger partial charge in [0.05, 0.1) is 5.69 Å². The Morgan fingerprint density at radius 2 is 2.20 bits per heavy atom. The zero-order valence-electron chi connectivity index (χ0n) is 8.44. The van der Waals surface area contributed by atoms with Gasteiger partial charge in [0.15, 0.2) is 0 Å². The molecule has 3 nitrogen and oxygen atoms in total. The topological polar surface area (TPSA) is 43.8 Å². The molecule has 15 heavy (non-hydrogen) atoms. The summed E-state index contributed by atoms with van der Waals surface area (Å²) in [6.07, 6.45) is 1.68. The summed E-state index contributed by atoms with van der Waals surface area (Å²) in [5, 5.41) is 4.03. The number of nitrogens with zero attached hydrogens (tertiary/aromatic N) is 2. The second kappa shape index (κ2) is 3.82. The van der Waals surface area contributed by atoms with Crippen LogP contribution in [0.2, 0.25) is 0 Å². The van der Waals surface area contributed by atoms with Crippen molar-refractivity contribution in [2.24, 2.45) is 12.8 Å². The van der Waals surface area contributed by atoms with Crippen LogP contribution in [0.25, 0.3) is 11.3 Å². The van der Waals surface area contributed by atoms with Crippen LogP contribution in [0.1, 0.15) is 5.56 Å². The molecule has 0 radical (unpaired) electrons. The van der Waals surface area contributed by atoms with Crippen molar-refractivity contribution in [2.45, 2.75) is 6.54 Å². The summed E-state index contributed by atoms with van der Waals surface area (Å²) in [4.78, 5) is 0. The lowest BCUT2D eigenvalue weighted by Gasteiger charge is -2.04. The van der Waals surface area contributed by atoms with E-state index in [1.54, 1.807) is 16.9 Å². The van der Waals surface area contributed by atoms with Gasteiger partial charge < -0.3 is 5.73 Å². The van der Waals surface area contributed by atoms with Gasteiger partial charge in [-0.15, -0.1) is 0 Å². The number of aromatic nitrogens is 2. The van der Waals surface area contributed by atoms with Gasteiger partial charge >= 0.3 is 0 Å². The molecule has 78 valence electrons. The van der Waals surface area contributed by atoms with Crippen LogP contribution < -0.4 is 5.73 Å². The van der Waals surface area contributed by atoms with Crippen molar-refractivity contribution in [1.29, 1.82) is 0 Å². The summed E-state index contributed by atoms with van der Waals surface area (Å²) < 4.78 is 15.2. The highest BCUT2D eigenvalue weighted by atomic mass is 19.1. The van der Waals surface area contributed by atoms with Crippen molar-refractivity contribution in [3.63, 3.8) is 0 Å². The summed E-state index contributed by atoms with van der Waals surface area (Å²) in [6, 6.07) is 6.88. The molecule has 0 atom stereocenters. The molecule has 0 aliphatic heterocycles. The Bertz CT molecular complexity index is 476. The predicted molar refractivity (Wildman–Crippen MR) is 56.5 cm³/mol. The molecule has 0 spiro atoms. The zero-order valence-corrected chi connectivity index (χ0v) is 8.44. The maximum absolute atomic E-state index is 13.5. The molecule has 0 aliphatic rings. The van der Waals surface area contributed by atoms with E-state index in [4.69, 9.17) is 5.73 Å². The van der Waals surface area contributed by atoms with Crippen molar-refractivity contribution in [2.75, 3.05) is 0 Å². The monoisotopic (exact) mass is 205 g/mol. The Balaban J connectivity index is 2.47. The van der Waals surface area contributed by atoms with Crippen LogP contribution >= 0.6 is 0 Å². The van der Waals surface area contributed by atoms with E-state index < -0.39 is 0 Å². The van der Waals surface area contributed by atoms with Crippen LogP contribution in [0.4, 0.5) is 4.39 Å². The lowest BCUT2D eigenvalue weighted by atomic mass is 10.1. The molecule has 2 rings (SSSR count). The lowest BCUT2D eigenvalue weighted by molar-refractivity contribution is 0.611. The minimum atomic E-state index is -0.267. The van der Waals surface area contributed by atoms with Crippen molar-refractivity contribution in [3.8, 4) is 11.3 Å². The number of benzene rings is 1. The number of hydrogen-bond acceptors (Lipinski definition) is 2. The molecule has 1 aromatic heterocycles. The predicted octanol–water partition coefficient (Wildman–Crippen LogP) is 1.68. The van der Waals surface area contributed by atoms with Crippen LogP contribution in [-0.2, 0) is 13.6 Å². The number of nitrogens with two attached hydrogens (primary N) is 1. The van der Waals surface area contributed by atoms with Gasteiger partial charge in [0, 0.05) is 30.9 Å². The third-order valence-electron chi connectivity index (χ3n) is 2.39. The third-order valence-corrected chi connectivity index (χ3v) is 2.39. The van der Waals surface area contributed by atoms with E-state index >= 15 is 0 Å². The van der Waals surface area contributed by atoms with Crippen LogP contribution in [0, 0.1) is 5.82 Å². The molecule has 1 heterocycles. The van der Waals surface area contributed by atoms with E-state index in [1.807, 2.05) is 19.2 Å². The van der Waals surface area contributed by atoms with Crippen LogP contribution in [0.3, 0.4) is 0 Å². The third kappa shape index (κ3) is 1.76. The van der Waals surface area contributed by atoms with Crippen molar-refractivity contribution >= 4 is 0 Å². The van der Waals surface area contributed by atoms with Crippen LogP contribution in [0.5, 0.6) is 0 Å². The second-order valence-electron chi connectivity index (χ2n) is 3.35. The molecule has 2 aromatic rings. The first-order chi connectivity index (χ1) is 7.22. The summed E-state index contributed by atoms with van der Waals surface area (Å²) in [7, 11) is 1.82. The molecule has 0 fully saturated rings. The summed E-state index contributed by atoms with van der Waals surface area (Å²) in [5.74, 6) is -0.267. The molecule has 2 N–H and O–H groups in total. The fourth-order valence-electron chi connectivity index (χ4n) is 1.53. The molecule has 4 heteroatoms. The smallest absolute Gasteiger partial charge is 0.128 e. The van der Waals surface area contributed by atoms with E-state index in [2.05, 4.69) is 5.10 Å². The minimum absolute atomic E-state index is 0.220. The second-order valence-corrected chi connectivity index (χ2v) is 3.35. The van der Waals surface area contributed by atoms with Gasteiger partial charge in [-0.3, -0.25) is 4.68 Å². The SMILES string of the molecule is Cn1nccc1-c1ccc(CN)c(F)c1. The van der Waals surface area contributed by atoms with Gasteiger partial charge in [-0.1, -0.05) is 12.1 Å². The summed E-state index contributed by atoms with van der Waals surface area (Å²) >= 11 is 0. The first-order valence-electron chi connectivity index (χ1n) is 4.69. The number of aryl methyl sites for hydroxylation is 1. The highest BCUT2D eigenvalue weighted by molar-refractivity contribution is 5.59. The molecule has 0 aliphatic carbocycles. The normalized spacial score (nSPS) is 10.6. The maximum Gasteiger partial charge on any atom is 0.128 e. The summed E-state index contributed by atoms with van der Waals surface area (Å²) in [6.45, 7) is 0.220. The van der Waals surface area contributed by atoms with Gasteiger partial charge in [0.25, 0.3) is 0 Å². The van der Waals surface area contributed by atoms with Crippen LogP contribution in [0.15, 0.2) is 30.5 Å². The highest BCUT2D eigenvalue weighted by Crippen LogP contribution is 2.20. The number of halogens is 1. The van der Waals surface area contributed by atoms with E-state index in [0.29, 0.717) is 5.56 Å². The Labute approximate surface area is 87.3 Å². The van der Waals surface area contributed by atoms with E-state index in [1.165, 1.54) is 6.07 Å². The molecular weight excluding hydrogens is 193 g/mol. The Morgan fingerprint density at radius 1 is 1.40 bits per heavy atom. The highest BCUT2D eigenvalue weighted by Gasteiger charge is 2.06. The molecule has 0 unspecified atom stereocenters. The van der Waals surface area contributed by atoms with Gasteiger partial charge in [0.2, 0.25) is 0 Å². The Hall–Kier alpha value is -1.68. The molecule has 0 saturated carbocycles. The van der Waals surface area contributed by atoms with Gasteiger partial charge in [0.1, 0.15) is 5.82 Å². The Morgan fingerprint density at radius 3 is 2.73 bits per heavy atom. The quantitative estimate of drug-likeness (QED) is 0.810. The van der Waals surface area contributed by atoms with Gasteiger partial charge in [-0.25, -0.2) is 4.39 Å². The standard InChI is InChI=1S/C11H12FN3/c1-15-11(4-5-14-15)8-2-3-9(7-13)10(12)6-8/h2-6H,7,13H2,1H3. The van der Waals surface area contributed by atoms with Crippen molar-refractivity contribution in [3.05, 3.63) is 41.8 Å². The first-order valence-corrected chi connectivity index (χ1v) is 4.69. The molecule has 1 aromatic carbocycles. The van der Waals surface area contributed by atoms with E-state index in [-0.39, 0.29) is 12.4 Å². The average molecular weight is 205 g/mol. The molecule has 0 bridgehead atoms. The molecule has 0 saturated heterocycles. The largest absolute Gasteiger partial charge is 0.326 e. The summed E-state index contributed by atoms with van der Waals surface area (Å²) in [5.41, 5.74) is 7.62. The van der Waals surface area contributed by atoms with E-state index in [9.17, 15) is 4.39 Å². The number of hydrogen-bond donors (Lipinski definition) is 1. The fourth-order valence-corrected chi connectivity index (χ4v) is 1.53. The number of rotatable bonds is 2. The van der Waals surface area contributed by atoms with Gasteiger partial charge in [-0.2, -0.15) is 5.10 Å². The first kappa shape index (κ1) is 9.86. The van der Waals surface area contributed by atoms with Crippen molar-refractivity contribution < 1.29 is 4.39 Å². The minimum Gasteiger partial charge on any atom is -0.326 e. The average Bonchev–Trinajstić information content (AvgIpc) is 2.64.